The van der Waals surface area contributed by atoms with Gasteiger partial charge in [-0.25, -0.2) is 0 Å². The van der Waals surface area contributed by atoms with Gasteiger partial charge in [0.1, 0.15) is 0 Å². The number of rotatable bonds is 7. The van der Waals surface area contributed by atoms with E-state index in [0.29, 0.717) is 0 Å². The molecule has 0 aliphatic rings. The summed E-state index contributed by atoms with van der Waals surface area (Å²) in [7, 11) is 5.98. The molecule has 2 aromatic rings. The Morgan fingerprint density at radius 1 is 1.04 bits per heavy atom. The van der Waals surface area contributed by atoms with Crippen LogP contribution >= 0.6 is 11.8 Å². The molecule has 2 aromatic carbocycles. The molecule has 2 rings (SSSR count). The Balaban J connectivity index is 1.92. The number of nitrogens with zero attached hydrogens (tertiary/aromatic N) is 2. The summed E-state index contributed by atoms with van der Waals surface area (Å²) in [6, 6.07) is 15.2. The van der Waals surface area contributed by atoms with E-state index in [1.165, 1.54) is 27.1 Å². The molecule has 140 valence electrons. The molecule has 0 fully saturated rings. The molecule has 0 heterocycles. The Kier molecular flexibility index (Phi) is 8.01. The van der Waals surface area contributed by atoms with Crippen LogP contribution in [0.3, 0.4) is 0 Å². The number of hydrogen-bond acceptors (Lipinski definition) is 3. The molecule has 0 atom stereocenters. The van der Waals surface area contributed by atoms with Gasteiger partial charge in [-0.15, -0.1) is 11.8 Å². The molecule has 0 bridgehead atoms. The van der Waals surface area contributed by atoms with Crippen LogP contribution in [0, 0.1) is 6.92 Å². The molecule has 4 nitrogen and oxygen atoms in total. The highest BCUT2D eigenvalue weighted by molar-refractivity contribution is 7.98. The lowest BCUT2D eigenvalue weighted by Gasteiger charge is -2.15. The van der Waals surface area contributed by atoms with Crippen LogP contribution in [0.4, 0.5) is 0 Å². The SMILES string of the molecule is CN=C(NCc1cccc(CN(C)C)c1)NCc1ccc(C)cc1SC. The topological polar surface area (TPSA) is 39.7 Å². The predicted molar refractivity (Wildman–Crippen MR) is 114 cm³/mol. The maximum atomic E-state index is 4.34. The van der Waals surface area contributed by atoms with Crippen molar-refractivity contribution in [1.82, 2.24) is 15.5 Å². The van der Waals surface area contributed by atoms with Crippen LogP contribution in [0.15, 0.2) is 52.4 Å². The van der Waals surface area contributed by atoms with E-state index in [-0.39, 0.29) is 0 Å². The van der Waals surface area contributed by atoms with Crippen molar-refractivity contribution in [3.63, 3.8) is 0 Å². The molecule has 26 heavy (non-hydrogen) atoms. The first kappa shape index (κ1) is 20.3. The van der Waals surface area contributed by atoms with E-state index in [4.69, 9.17) is 0 Å². The predicted octanol–water partition coefficient (Wildman–Crippen LogP) is 3.64. The Hall–Kier alpha value is -1.98. The minimum absolute atomic E-state index is 0.754. The lowest BCUT2D eigenvalue weighted by atomic mass is 10.1. The van der Waals surface area contributed by atoms with E-state index >= 15 is 0 Å². The third-order valence-corrected chi connectivity index (χ3v) is 4.88. The Morgan fingerprint density at radius 2 is 1.77 bits per heavy atom. The summed E-state index contributed by atoms with van der Waals surface area (Å²) >= 11 is 1.78. The van der Waals surface area contributed by atoms with Crippen LogP contribution in [0.25, 0.3) is 0 Å². The minimum Gasteiger partial charge on any atom is -0.352 e. The van der Waals surface area contributed by atoms with Crippen molar-refractivity contribution in [1.29, 1.82) is 0 Å². The standard InChI is InChI=1S/C21H30N4S/c1-16-9-10-19(20(11-16)26-5)14-24-21(22-2)23-13-17-7-6-8-18(12-17)15-25(3)4/h6-12H,13-15H2,1-5H3,(H2,22,23,24). The second kappa shape index (κ2) is 10.2. The van der Waals surface area contributed by atoms with Gasteiger partial charge in [-0.1, -0.05) is 36.4 Å². The molecule has 0 aliphatic carbocycles. The molecule has 2 N–H and O–H groups in total. The number of thioether (sulfide) groups is 1. The van der Waals surface area contributed by atoms with Crippen molar-refractivity contribution >= 4 is 17.7 Å². The van der Waals surface area contributed by atoms with Crippen LogP contribution in [-0.4, -0.2) is 38.3 Å². The van der Waals surface area contributed by atoms with Crippen molar-refractivity contribution in [3.05, 3.63) is 64.7 Å². The van der Waals surface area contributed by atoms with Gasteiger partial charge >= 0.3 is 0 Å². The average molecular weight is 371 g/mol. The van der Waals surface area contributed by atoms with E-state index < -0.39 is 0 Å². The van der Waals surface area contributed by atoms with Crippen molar-refractivity contribution < 1.29 is 0 Å². The first-order chi connectivity index (χ1) is 12.5. The highest BCUT2D eigenvalue weighted by Gasteiger charge is 2.04. The number of aliphatic imine (C=N–C) groups is 1. The monoisotopic (exact) mass is 370 g/mol. The first-order valence-electron chi connectivity index (χ1n) is 8.82. The summed E-state index contributed by atoms with van der Waals surface area (Å²) in [5, 5.41) is 6.82. The van der Waals surface area contributed by atoms with Crippen LogP contribution in [0.2, 0.25) is 0 Å². The first-order valence-corrected chi connectivity index (χ1v) is 10.0. The maximum Gasteiger partial charge on any atom is 0.191 e. The minimum atomic E-state index is 0.754. The normalized spacial score (nSPS) is 11.7. The molecule has 0 aliphatic heterocycles. The molecule has 0 radical (unpaired) electrons. The Labute approximate surface area is 162 Å². The van der Waals surface area contributed by atoms with E-state index in [2.05, 4.69) is 90.3 Å². The molecule has 0 spiro atoms. The smallest absolute Gasteiger partial charge is 0.191 e. The second-order valence-corrected chi connectivity index (χ2v) is 7.50. The van der Waals surface area contributed by atoms with Crippen LogP contribution < -0.4 is 10.6 Å². The summed E-state index contributed by atoms with van der Waals surface area (Å²) in [5.74, 6) is 0.815. The zero-order chi connectivity index (χ0) is 18.9. The second-order valence-electron chi connectivity index (χ2n) is 6.65. The largest absolute Gasteiger partial charge is 0.352 e. The van der Waals surface area contributed by atoms with Gasteiger partial charge in [0.25, 0.3) is 0 Å². The summed E-state index contributed by atoms with van der Waals surface area (Å²) < 4.78 is 0. The average Bonchev–Trinajstić information content (AvgIpc) is 2.62. The van der Waals surface area contributed by atoms with Gasteiger partial charge in [0.2, 0.25) is 0 Å². The van der Waals surface area contributed by atoms with Crippen LogP contribution in [-0.2, 0) is 19.6 Å². The van der Waals surface area contributed by atoms with Gasteiger partial charge in [0.15, 0.2) is 5.96 Å². The zero-order valence-electron chi connectivity index (χ0n) is 16.5. The molecule has 0 amide bonds. The van der Waals surface area contributed by atoms with Crippen molar-refractivity contribution in [3.8, 4) is 0 Å². The van der Waals surface area contributed by atoms with Gasteiger partial charge in [0.05, 0.1) is 0 Å². The van der Waals surface area contributed by atoms with Crippen molar-refractivity contribution in [2.24, 2.45) is 4.99 Å². The number of benzene rings is 2. The van der Waals surface area contributed by atoms with Gasteiger partial charge < -0.3 is 15.5 Å². The van der Waals surface area contributed by atoms with Crippen molar-refractivity contribution in [2.45, 2.75) is 31.5 Å². The lowest BCUT2D eigenvalue weighted by molar-refractivity contribution is 0.402. The highest BCUT2D eigenvalue weighted by Crippen LogP contribution is 2.21. The third kappa shape index (κ3) is 6.39. The van der Waals surface area contributed by atoms with Crippen LogP contribution in [0.5, 0.6) is 0 Å². The highest BCUT2D eigenvalue weighted by atomic mass is 32.2. The van der Waals surface area contributed by atoms with E-state index in [0.717, 1.165) is 25.6 Å². The molecule has 0 saturated carbocycles. The number of hydrogen-bond donors (Lipinski definition) is 2. The Morgan fingerprint density at radius 3 is 2.46 bits per heavy atom. The molecular formula is C21H30N4S. The fourth-order valence-electron chi connectivity index (χ4n) is 2.79. The van der Waals surface area contributed by atoms with Gasteiger partial charge in [-0.3, -0.25) is 4.99 Å². The molecule has 5 heteroatoms. The summed E-state index contributed by atoms with van der Waals surface area (Å²) in [6.45, 7) is 4.59. The third-order valence-electron chi connectivity index (χ3n) is 4.06. The number of nitrogens with one attached hydrogen (secondary N) is 2. The van der Waals surface area contributed by atoms with E-state index in [1.54, 1.807) is 11.8 Å². The molecule has 0 saturated heterocycles. The zero-order valence-corrected chi connectivity index (χ0v) is 17.3. The van der Waals surface area contributed by atoms with Crippen LogP contribution in [0.1, 0.15) is 22.3 Å². The molecular weight excluding hydrogens is 340 g/mol. The number of aryl methyl sites for hydroxylation is 1. The molecule has 0 aromatic heterocycles. The van der Waals surface area contributed by atoms with Gasteiger partial charge in [0, 0.05) is 31.6 Å². The lowest BCUT2D eigenvalue weighted by Crippen LogP contribution is -2.36. The number of guanidine groups is 1. The molecule has 0 unspecified atom stereocenters. The fourth-order valence-corrected chi connectivity index (χ4v) is 3.49. The quantitative estimate of drug-likeness (QED) is 0.443. The summed E-state index contributed by atoms with van der Waals surface area (Å²) in [4.78, 5) is 7.83. The van der Waals surface area contributed by atoms with E-state index in [9.17, 15) is 0 Å². The summed E-state index contributed by atoms with van der Waals surface area (Å²) in [6.07, 6.45) is 2.12. The fraction of sp³-hybridized carbons (Fsp3) is 0.381. The van der Waals surface area contributed by atoms with Gasteiger partial charge in [-0.2, -0.15) is 0 Å². The summed E-state index contributed by atoms with van der Waals surface area (Å²) in [5.41, 5.74) is 5.16. The Bertz CT molecular complexity index is 741. The van der Waals surface area contributed by atoms with E-state index in [1.807, 2.05) is 7.05 Å². The van der Waals surface area contributed by atoms with Gasteiger partial charge in [-0.05, 0) is 55.6 Å². The maximum absolute atomic E-state index is 4.34. The van der Waals surface area contributed by atoms with Crippen molar-refractivity contribution in [2.75, 3.05) is 27.4 Å².